The van der Waals surface area contributed by atoms with E-state index in [9.17, 15) is 14.4 Å². The van der Waals surface area contributed by atoms with Crippen molar-refractivity contribution in [3.63, 3.8) is 0 Å². The number of fused-ring (bicyclic) bond motifs is 1. The fourth-order valence-corrected chi connectivity index (χ4v) is 7.26. The number of amides is 2. The van der Waals surface area contributed by atoms with E-state index in [2.05, 4.69) is 10.2 Å². The van der Waals surface area contributed by atoms with Crippen molar-refractivity contribution >= 4 is 23.4 Å². The van der Waals surface area contributed by atoms with Crippen LogP contribution in [0.15, 0.2) is 0 Å². The van der Waals surface area contributed by atoms with Crippen LogP contribution >= 0.6 is 0 Å². The molecule has 0 aromatic heterocycles. The van der Waals surface area contributed by atoms with Crippen molar-refractivity contribution in [2.75, 3.05) is 6.54 Å². The van der Waals surface area contributed by atoms with Gasteiger partial charge in [0.15, 0.2) is 0 Å². The molecule has 8 heteroatoms. The van der Waals surface area contributed by atoms with E-state index in [1.54, 1.807) is 6.92 Å². The van der Waals surface area contributed by atoms with Crippen LogP contribution in [0.25, 0.3) is 0 Å². The van der Waals surface area contributed by atoms with Crippen LogP contribution in [0.3, 0.4) is 0 Å². The van der Waals surface area contributed by atoms with Crippen LogP contribution in [-0.4, -0.2) is 53.0 Å². The zero-order chi connectivity index (χ0) is 24.4. The Morgan fingerprint density at radius 3 is 2.24 bits per heavy atom. The molecule has 1 aliphatic heterocycles. The number of nitrogens with zero attached hydrogens (tertiary/aromatic N) is 1. The van der Waals surface area contributed by atoms with Crippen LogP contribution in [0.1, 0.15) is 84.0 Å². The van der Waals surface area contributed by atoms with E-state index in [1.807, 2.05) is 0 Å². The maximum Gasteiger partial charge on any atom is 0.237 e. The first-order chi connectivity index (χ1) is 16.2. The summed E-state index contributed by atoms with van der Waals surface area (Å²) in [5, 5.41) is 11.3. The molecule has 0 spiro atoms. The van der Waals surface area contributed by atoms with Crippen LogP contribution in [-0.2, 0) is 14.4 Å². The average molecular weight is 474 g/mol. The highest BCUT2D eigenvalue weighted by molar-refractivity contribution is 5.83. The van der Waals surface area contributed by atoms with Crippen molar-refractivity contribution in [1.82, 2.24) is 10.2 Å². The van der Waals surface area contributed by atoms with Crippen molar-refractivity contribution in [3.8, 4) is 0 Å². The third-order valence-corrected chi connectivity index (χ3v) is 9.36. The Labute approximate surface area is 203 Å². The third kappa shape index (κ3) is 5.64. The number of nitrogens with one attached hydrogen (secondary N) is 2. The van der Waals surface area contributed by atoms with Gasteiger partial charge in [-0.3, -0.25) is 24.7 Å². The van der Waals surface area contributed by atoms with Crippen molar-refractivity contribution < 1.29 is 14.4 Å². The molecular weight excluding hydrogens is 430 g/mol. The van der Waals surface area contributed by atoms with Gasteiger partial charge in [0.1, 0.15) is 5.78 Å². The monoisotopic (exact) mass is 473 g/mol. The maximum atomic E-state index is 13.6. The van der Waals surface area contributed by atoms with Crippen LogP contribution in [0.5, 0.6) is 0 Å². The minimum absolute atomic E-state index is 0.0148. The number of Topliss-reactive ketones (excluding diaryl/α,β-unsaturated/α-hetero) is 1. The molecule has 0 aromatic carbocycles. The molecule has 2 amide bonds. The maximum absolute atomic E-state index is 13.6. The van der Waals surface area contributed by atoms with E-state index in [1.165, 1.54) is 0 Å². The molecule has 4 rings (SSSR count). The van der Waals surface area contributed by atoms with E-state index in [-0.39, 0.29) is 59.3 Å². The summed E-state index contributed by atoms with van der Waals surface area (Å²) in [5.74, 6) is 1.49. The van der Waals surface area contributed by atoms with Crippen LogP contribution in [0.2, 0.25) is 0 Å². The molecule has 34 heavy (non-hydrogen) atoms. The molecule has 3 aliphatic carbocycles. The smallest absolute Gasteiger partial charge is 0.237 e. The van der Waals surface area contributed by atoms with Crippen molar-refractivity contribution in [3.05, 3.63) is 0 Å². The molecule has 6 atom stereocenters. The Hall–Kier alpha value is -1.96. The van der Waals surface area contributed by atoms with Crippen LogP contribution in [0, 0.1) is 35.0 Å². The molecule has 4 fully saturated rings. The summed E-state index contributed by atoms with van der Waals surface area (Å²) < 4.78 is 0. The van der Waals surface area contributed by atoms with Gasteiger partial charge in [-0.1, -0.05) is 6.42 Å². The highest BCUT2D eigenvalue weighted by atomic mass is 16.2. The number of hydrogen-bond donors (Lipinski definition) is 4. The fourth-order valence-electron chi connectivity index (χ4n) is 7.26. The largest absolute Gasteiger partial charge is 0.387 e. The minimum atomic E-state index is -0.190. The molecular formula is C26H43N5O3. The van der Waals surface area contributed by atoms with Gasteiger partial charge in [-0.05, 0) is 89.4 Å². The summed E-state index contributed by atoms with van der Waals surface area (Å²) in [6, 6.07) is 0.200. The first-order valence-corrected chi connectivity index (χ1v) is 13.4. The second-order valence-electron chi connectivity index (χ2n) is 11.5. The summed E-state index contributed by atoms with van der Waals surface area (Å²) in [5.41, 5.74) is 11.4. The van der Waals surface area contributed by atoms with E-state index in [4.69, 9.17) is 16.9 Å². The number of hydrogen-bond acceptors (Lipinski definition) is 5. The molecule has 3 saturated carbocycles. The lowest BCUT2D eigenvalue weighted by atomic mass is 9.77. The summed E-state index contributed by atoms with van der Waals surface area (Å²) in [6.45, 7) is 2.52. The van der Waals surface area contributed by atoms with Crippen molar-refractivity contribution in [2.45, 2.75) is 102 Å². The quantitative estimate of drug-likeness (QED) is 0.331. The van der Waals surface area contributed by atoms with Gasteiger partial charge in [-0.15, -0.1) is 0 Å². The lowest BCUT2D eigenvalue weighted by Crippen LogP contribution is -2.52. The average Bonchev–Trinajstić information content (AvgIpc) is 3.17. The SMILES string of the molecule is CC(=O)C1CCCC(NC(=O)C2CC3CCC(C(=N)N)CC3N2CC2CCC(C(N)=O)CC2)C1. The van der Waals surface area contributed by atoms with E-state index in [0.717, 1.165) is 83.6 Å². The Bertz CT molecular complexity index is 793. The number of rotatable bonds is 7. The van der Waals surface area contributed by atoms with Gasteiger partial charge in [0.25, 0.3) is 0 Å². The first-order valence-electron chi connectivity index (χ1n) is 13.4. The standard InChI is InChI=1S/C26H43N5O3/c1-15(32)18-3-2-4-21(11-18)30-26(34)23-12-19-9-10-20(24(27)28)13-22(19)31(23)14-16-5-7-17(8-6-16)25(29)33/h16-23H,2-14H2,1H3,(H3,27,28)(H2,29,33)(H,30,34). The number of likely N-dealkylation sites (tertiary alicyclic amines) is 1. The molecule has 1 heterocycles. The predicted octanol–water partition coefficient (Wildman–Crippen LogP) is 2.34. The summed E-state index contributed by atoms with van der Waals surface area (Å²) in [4.78, 5) is 39.5. The molecule has 190 valence electrons. The topological polar surface area (TPSA) is 142 Å². The number of primary amides is 1. The van der Waals surface area contributed by atoms with E-state index < -0.39 is 0 Å². The minimum Gasteiger partial charge on any atom is -0.387 e. The van der Waals surface area contributed by atoms with E-state index >= 15 is 0 Å². The fraction of sp³-hybridized carbons (Fsp3) is 0.846. The Balaban J connectivity index is 1.44. The molecule has 0 bridgehead atoms. The third-order valence-electron chi connectivity index (χ3n) is 9.36. The second-order valence-corrected chi connectivity index (χ2v) is 11.5. The van der Waals surface area contributed by atoms with Gasteiger partial charge in [0.2, 0.25) is 11.8 Å². The van der Waals surface area contributed by atoms with Gasteiger partial charge >= 0.3 is 0 Å². The molecule has 6 N–H and O–H groups in total. The number of nitrogens with two attached hydrogens (primary N) is 2. The van der Waals surface area contributed by atoms with E-state index in [0.29, 0.717) is 11.8 Å². The highest BCUT2D eigenvalue weighted by Crippen LogP contribution is 2.43. The first kappa shape index (κ1) is 25.1. The Morgan fingerprint density at radius 1 is 0.882 bits per heavy atom. The molecule has 0 aromatic rings. The van der Waals surface area contributed by atoms with Gasteiger partial charge < -0.3 is 16.8 Å². The van der Waals surface area contributed by atoms with Gasteiger partial charge in [-0.2, -0.15) is 0 Å². The molecule has 0 radical (unpaired) electrons. The molecule has 8 nitrogen and oxygen atoms in total. The Kier molecular flexibility index (Phi) is 7.95. The zero-order valence-corrected chi connectivity index (χ0v) is 20.6. The Morgan fingerprint density at radius 2 is 1.59 bits per heavy atom. The van der Waals surface area contributed by atoms with Crippen LogP contribution < -0.4 is 16.8 Å². The summed E-state index contributed by atoms with van der Waals surface area (Å²) in [7, 11) is 0. The number of ketones is 1. The van der Waals surface area contributed by atoms with Gasteiger partial charge in [0.05, 0.1) is 11.9 Å². The van der Waals surface area contributed by atoms with Crippen molar-refractivity contribution in [2.24, 2.45) is 41.1 Å². The highest BCUT2D eigenvalue weighted by Gasteiger charge is 2.48. The molecule has 6 unspecified atom stereocenters. The number of amidine groups is 1. The summed E-state index contributed by atoms with van der Waals surface area (Å²) in [6.07, 6.45) is 10.9. The molecule has 4 aliphatic rings. The molecule has 1 saturated heterocycles. The summed E-state index contributed by atoms with van der Waals surface area (Å²) >= 11 is 0. The lowest BCUT2D eigenvalue weighted by Gasteiger charge is -2.40. The number of carbonyl (C=O) groups is 3. The van der Waals surface area contributed by atoms with Gasteiger partial charge in [-0.25, -0.2) is 0 Å². The lowest BCUT2D eigenvalue weighted by molar-refractivity contribution is -0.128. The zero-order valence-electron chi connectivity index (χ0n) is 20.6. The predicted molar refractivity (Wildman–Crippen MR) is 131 cm³/mol. The van der Waals surface area contributed by atoms with Crippen molar-refractivity contribution in [1.29, 1.82) is 5.41 Å². The number of carbonyl (C=O) groups excluding carboxylic acids is 3. The second kappa shape index (κ2) is 10.8. The van der Waals surface area contributed by atoms with Crippen LogP contribution in [0.4, 0.5) is 0 Å². The normalized spacial score (nSPS) is 38.6. The van der Waals surface area contributed by atoms with Gasteiger partial charge in [0, 0.05) is 36.4 Å².